The van der Waals surface area contributed by atoms with E-state index in [0.717, 1.165) is 44.9 Å². The van der Waals surface area contributed by atoms with Gasteiger partial charge in [0.2, 0.25) is 0 Å². The van der Waals surface area contributed by atoms with Crippen molar-refractivity contribution in [2.24, 2.45) is 11.8 Å². The summed E-state index contributed by atoms with van der Waals surface area (Å²) in [6, 6.07) is -0.196. The number of nitrogens with zero attached hydrogens (tertiary/aromatic N) is 1. The van der Waals surface area contributed by atoms with Gasteiger partial charge in [0.05, 0.1) is 0 Å². The van der Waals surface area contributed by atoms with Crippen molar-refractivity contribution < 1.29 is 9.59 Å². The van der Waals surface area contributed by atoms with Gasteiger partial charge in [0.25, 0.3) is 5.91 Å². The highest BCUT2D eigenvalue weighted by Gasteiger charge is 2.57. The van der Waals surface area contributed by atoms with Crippen LogP contribution in [0.15, 0.2) is 0 Å². The summed E-state index contributed by atoms with van der Waals surface area (Å²) in [6.07, 6.45) is 7.12. The normalized spacial score (nSPS) is 32.8. The molecule has 1 saturated carbocycles. The quantitative estimate of drug-likeness (QED) is 0.463. The van der Waals surface area contributed by atoms with Crippen LogP contribution in [0.25, 0.3) is 0 Å². The lowest BCUT2D eigenvalue weighted by Gasteiger charge is -2.42. The second-order valence-electron chi connectivity index (χ2n) is 6.59. The van der Waals surface area contributed by atoms with Gasteiger partial charge in [-0.15, -0.1) is 11.6 Å². The third-order valence-electron chi connectivity index (χ3n) is 5.25. The Morgan fingerprint density at radius 2 is 1.76 bits per heavy atom. The van der Waals surface area contributed by atoms with Gasteiger partial charge in [-0.2, -0.15) is 0 Å². The Hall–Kier alpha value is -0.770. The first-order valence-electron chi connectivity index (χ1n) is 8.24. The lowest BCUT2D eigenvalue weighted by Crippen LogP contribution is -2.58. The standard InChI is InChI=1S/C16H27ClN2O2/c1-12-8-7-9-13(2)16(12)14(20)19(15(21)18-16)11-6-4-3-5-10-17/h12-13H,3-11H2,1-2H3,(H,18,21). The average Bonchev–Trinajstić information content (AvgIpc) is 2.70. The molecule has 0 radical (unpaired) electrons. The minimum Gasteiger partial charge on any atom is -0.323 e. The van der Waals surface area contributed by atoms with E-state index in [4.69, 9.17) is 11.6 Å². The third kappa shape index (κ3) is 3.05. The fraction of sp³-hybridized carbons (Fsp3) is 0.875. The van der Waals surface area contributed by atoms with Crippen molar-refractivity contribution in [3.63, 3.8) is 0 Å². The summed E-state index contributed by atoms with van der Waals surface area (Å²) in [6.45, 7) is 4.73. The number of nitrogens with one attached hydrogen (secondary N) is 1. The number of carbonyl (C=O) groups is 2. The van der Waals surface area contributed by atoms with Crippen molar-refractivity contribution in [2.45, 2.75) is 64.3 Å². The molecule has 4 nitrogen and oxygen atoms in total. The Morgan fingerprint density at radius 3 is 2.38 bits per heavy atom. The predicted molar refractivity (Wildman–Crippen MR) is 84.3 cm³/mol. The van der Waals surface area contributed by atoms with Crippen molar-refractivity contribution >= 4 is 23.5 Å². The zero-order chi connectivity index (χ0) is 15.5. The number of hydrogen-bond donors (Lipinski definition) is 1. The second-order valence-corrected chi connectivity index (χ2v) is 6.97. The summed E-state index contributed by atoms with van der Waals surface area (Å²) in [5.41, 5.74) is -0.647. The van der Waals surface area contributed by atoms with Gasteiger partial charge in [0.1, 0.15) is 5.54 Å². The zero-order valence-corrected chi connectivity index (χ0v) is 13.9. The number of hydrogen-bond acceptors (Lipinski definition) is 2. The molecule has 2 atom stereocenters. The molecule has 0 bridgehead atoms. The molecule has 0 aromatic heterocycles. The van der Waals surface area contributed by atoms with Gasteiger partial charge in [-0.25, -0.2) is 4.79 Å². The van der Waals surface area contributed by atoms with Crippen molar-refractivity contribution in [1.82, 2.24) is 10.2 Å². The van der Waals surface area contributed by atoms with Crippen LogP contribution in [0.4, 0.5) is 4.79 Å². The first-order valence-corrected chi connectivity index (χ1v) is 8.77. The van der Waals surface area contributed by atoms with Crippen LogP contribution in [0.2, 0.25) is 0 Å². The summed E-state index contributed by atoms with van der Waals surface area (Å²) >= 11 is 5.65. The predicted octanol–water partition coefficient (Wildman–Crippen LogP) is 3.53. The van der Waals surface area contributed by atoms with Crippen LogP contribution in [0, 0.1) is 11.8 Å². The molecule has 1 aliphatic heterocycles. The smallest absolute Gasteiger partial charge is 0.323 e. The summed E-state index contributed by atoms with van der Waals surface area (Å²) in [5, 5.41) is 3.04. The van der Waals surface area contributed by atoms with E-state index in [1.807, 2.05) is 0 Å². The van der Waals surface area contributed by atoms with Gasteiger partial charge in [-0.05, 0) is 37.5 Å². The van der Waals surface area contributed by atoms with Crippen LogP contribution in [0.3, 0.4) is 0 Å². The summed E-state index contributed by atoms with van der Waals surface area (Å²) in [4.78, 5) is 26.5. The molecule has 0 aromatic carbocycles. The van der Waals surface area contributed by atoms with Crippen LogP contribution in [0.1, 0.15) is 58.8 Å². The first kappa shape index (κ1) is 16.6. The second kappa shape index (κ2) is 6.99. The maximum absolute atomic E-state index is 12.9. The highest BCUT2D eigenvalue weighted by molar-refractivity contribution is 6.17. The molecule has 1 heterocycles. The van der Waals surface area contributed by atoms with Crippen molar-refractivity contribution in [3.8, 4) is 0 Å². The Labute approximate surface area is 132 Å². The van der Waals surface area contributed by atoms with Crippen LogP contribution in [-0.2, 0) is 4.79 Å². The number of rotatable bonds is 6. The highest BCUT2D eigenvalue weighted by Crippen LogP contribution is 2.42. The van der Waals surface area contributed by atoms with E-state index in [1.54, 1.807) is 0 Å². The number of amides is 3. The van der Waals surface area contributed by atoms with Crippen molar-refractivity contribution in [3.05, 3.63) is 0 Å². The van der Waals surface area contributed by atoms with E-state index >= 15 is 0 Å². The topological polar surface area (TPSA) is 49.4 Å². The fourth-order valence-corrected chi connectivity index (χ4v) is 4.06. The van der Waals surface area contributed by atoms with Crippen molar-refractivity contribution in [2.75, 3.05) is 12.4 Å². The summed E-state index contributed by atoms with van der Waals surface area (Å²) in [5.74, 6) is 1.13. The number of imide groups is 1. The number of alkyl halides is 1. The SMILES string of the molecule is CC1CCCC(C)C12NC(=O)N(CCCCCCCl)C2=O. The lowest BCUT2D eigenvalue weighted by molar-refractivity contribution is -0.136. The molecule has 0 aromatic rings. The van der Waals surface area contributed by atoms with Gasteiger partial charge < -0.3 is 5.32 Å². The molecule has 21 heavy (non-hydrogen) atoms. The molecule has 2 unspecified atom stereocenters. The van der Waals surface area contributed by atoms with Gasteiger partial charge in [0, 0.05) is 12.4 Å². The maximum Gasteiger partial charge on any atom is 0.325 e. The van der Waals surface area contributed by atoms with Gasteiger partial charge in [-0.3, -0.25) is 9.69 Å². The molecule has 1 saturated heterocycles. The molecule has 1 aliphatic carbocycles. The Kier molecular flexibility index (Phi) is 5.53. The van der Waals surface area contributed by atoms with Crippen LogP contribution < -0.4 is 5.32 Å². The van der Waals surface area contributed by atoms with E-state index in [9.17, 15) is 9.59 Å². The number of halogens is 1. The molecule has 1 N–H and O–H groups in total. The van der Waals surface area contributed by atoms with Gasteiger partial charge in [-0.1, -0.05) is 33.1 Å². The minimum atomic E-state index is -0.647. The Bertz CT molecular complexity index is 390. The summed E-state index contributed by atoms with van der Waals surface area (Å²) in [7, 11) is 0. The van der Waals surface area contributed by atoms with Crippen LogP contribution in [0.5, 0.6) is 0 Å². The lowest BCUT2D eigenvalue weighted by atomic mass is 9.67. The molecule has 1 spiro atoms. The molecule has 2 fully saturated rings. The number of unbranched alkanes of at least 4 members (excludes halogenated alkanes) is 3. The molecule has 5 heteroatoms. The van der Waals surface area contributed by atoms with E-state index in [0.29, 0.717) is 12.4 Å². The van der Waals surface area contributed by atoms with Crippen LogP contribution >= 0.6 is 11.6 Å². The van der Waals surface area contributed by atoms with Crippen LogP contribution in [-0.4, -0.2) is 34.8 Å². The fourth-order valence-electron chi connectivity index (χ4n) is 3.87. The number of carbonyl (C=O) groups excluding carboxylic acids is 2. The van der Waals surface area contributed by atoms with Crippen molar-refractivity contribution in [1.29, 1.82) is 0 Å². The first-order chi connectivity index (χ1) is 10.0. The molecule has 2 rings (SSSR count). The molecular weight excluding hydrogens is 288 g/mol. The highest BCUT2D eigenvalue weighted by atomic mass is 35.5. The van der Waals surface area contributed by atoms with E-state index in [2.05, 4.69) is 19.2 Å². The van der Waals surface area contributed by atoms with Gasteiger partial charge in [0.15, 0.2) is 0 Å². The minimum absolute atomic E-state index is 0.00421. The summed E-state index contributed by atoms with van der Waals surface area (Å²) < 4.78 is 0. The zero-order valence-electron chi connectivity index (χ0n) is 13.2. The number of urea groups is 1. The molecule has 3 amide bonds. The molecule has 2 aliphatic rings. The Balaban J connectivity index is 1.99. The molecular formula is C16H27ClN2O2. The monoisotopic (exact) mass is 314 g/mol. The molecule has 120 valence electrons. The van der Waals surface area contributed by atoms with E-state index < -0.39 is 5.54 Å². The van der Waals surface area contributed by atoms with E-state index in [1.165, 1.54) is 4.90 Å². The largest absolute Gasteiger partial charge is 0.325 e. The maximum atomic E-state index is 12.9. The third-order valence-corrected chi connectivity index (χ3v) is 5.52. The Morgan fingerprint density at radius 1 is 1.14 bits per heavy atom. The van der Waals surface area contributed by atoms with E-state index in [-0.39, 0.29) is 23.8 Å². The average molecular weight is 315 g/mol. The van der Waals surface area contributed by atoms with Gasteiger partial charge >= 0.3 is 6.03 Å².